The molecule has 0 bridgehead atoms. The number of rotatable bonds is 3. The van der Waals surface area contributed by atoms with Gasteiger partial charge < -0.3 is 9.84 Å². The van der Waals surface area contributed by atoms with Gasteiger partial charge >= 0.3 is 0 Å². The molecule has 1 aliphatic rings. The molecular formula is C13H17NO2. The van der Waals surface area contributed by atoms with Gasteiger partial charge in [-0.2, -0.15) is 0 Å². The molecule has 3 nitrogen and oxygen atoms in total. The first kappa shape index (κ1) is 11.1. The lowest BCUT2D eigenvalue weighted by Crippen LogP contribution is -2.28. The van der Waals surface area contributed by atoms with Crippen molar-refractivity contribution in [2.75, 3.05) is 6.61 Å². The third-order valence-electron chi connectivity index (χ3n) is 3.02. The number of aryl methyl sites for hydroxylation is 1. The fraction of sp³-hybridized carbons (Fsp3) is 0.462. The molecule has 1 aliphatic carbocycles. The molecule has 1 heterocycles. The molecule has 1 N–H and O–H groups in total. The summed E-state index contributed by atoms with van der Waals surface area (Å²) in [5.74, 6) is 0.634. The second-order valence-electron chi connectivity index (χ2n) is 4.06. The van der Waals surface area contributed by atoms with Crippen LogP contribution in [-0.4, -0.2) is 16.7 Å². The summed E-state index contributed by atoms with van der Waals surface area (Å²) in [5.41, 5.74) is 0.891. The molecule has 0 radical (unpaired) electrons. The summed E-state index contributed by atoms with van der Waals surface area (Å²) in [4.78, 5) is 4.42. The summed E-state index contributed by atoms with van der Waals surface area (Å²) in [7, 11) is 0. The summed E-state index contributed by atoms with van der Waals surface area (Å²) in [6, 6.07) is 3.70. The Balaban J connectivity index is 2.40. The lowest BCUT2D eigenvalue weighted by Gasteiger charge is -2.31. The molecule has 3 heteroatoms. The van der Waals surface area contributed by atoms with E-state index < -0.39 is 5.60 Å². The molecule has 0 fully saturated rings. The lowest BCUT2D eigenvalue weighted by atomic mass is 9.82. The molecule has 0 aliphatic heterocycles. The van der Waals surface area contributed by atoms with Crippen molar-refractivity contribution >= 4 is 0 Å². The van der Waals surface area contributed by atoms with Crippen LogP contribution in [0.1, 0.15) is 31.0 Å². The largest absolute Gasteiger partial charge is 0.478 e. The van der Waals surface area contributed by atoms with Crippen LogP contribution in [-0.2, 0) is 12.0 Å². The fourth-order valence-corrected chi connectivity index (χ4v) is 2.17. The highest BCUT2D eigenvalue weighted by molar-refractivity contribution is 5.35. The summed E-state index contributed by atoms with van der Waals surface area (Å²) in [5, 5.41) is 10.4. The SMILES string of the molecule is C=C[C@]1(O)CCCc2nc(OCC)ccc21. The van der Waals surface area contributed by atoms with Crippen LogP contribution >= 0.6 is 0 Å². The highest BCUT2D eigenvalue weighted by atomic mass is 16.5. The van der Waals surface area contributed by atoms with Gasteiger partial charge in [-0.25, -0.2) is 4.98 Å². The number of hydrogen-bond donors (Lipinski definition) is 1. The number of nitrogens with zero attached hydrogens (tertiary/aromatic N) is 1. The molecular weight excluding hydrogens is 202 g/mol. The van der Waals surface area contributed by atoms with E-state index in [1.165, 1.54) is 0 Å². The van der Waals surface area contributed by atoms with E-state index >= 15 is 0 Å². The third kappa shape index (κ3) is 1.83. The van der Waals surface area contributed by atoms with Crippen LogP contribution in [0.15, 0.2) is 24.8 Å². The average molecular weight is 219 g/mol. The van der Waals surface area contributed by atoms with Crippen molar-refractivity contribution in [3.8, 4) is 5.88 Å². The van der Waals surface area contributed by atoms with Crippen LogP contribution in [0.2, 0.25) is 0 Å². The molecule has 1 aromatic rings. The monoisotopic (exact) mass is 219 g/mol. The van der Waals surface area contributed by atoms with Gasteiger partial charge in [0.05, 0.1) is 12.3 Å². The van der Waals surface area contributed by atoms with E-state index in [-0.39, 0.29) is 0 Å². The predicted octanol–water partition coefficient (Wildman–Crippen LogP) is 2.19. The van der Waals surface area contributed by atoms with Crippen LogP contribution in [0.4, 0.5) is 0 Å². The second kappa shape index (κ2) is 4.26. The summed E-state index contributed by atoms with van der Waals surface area (Å²) in [6.07, 6.45) is 4.15. The van der Waals surface area contributed by atoms with Gasteiger partial charge in [-0.1, -0.05) is 12.7 Å². The van der Waals surface area contributed by atoms with Gasteiger partial charge in [0.2, 0.25) is 5.88 Å². The molecule has 2 rings (SSSR count). The first-order chi connectivity index (χ1) is 7.69. The second-order valence-corrected chi connectivity index (χ2v) is 4.06. The first-order valence-corrected chi connectivity index (χ1v) is 5.69. The zero-order chi connectivity index (χ0) is 11.6. The molecule has 0 spiro atoms. The zero-order valence-electron chi connectivity index (χ0n) is 9.57. The highest BCUT2D eigenvalue weighted by Crippen LogP contribution is 2.36. The minimum absolute atomic E-state index is 0.609. The van der Waals surface area contributed by atoms with Crippen molar-refractivity contribution in [2.24, 2.45) is 0 Å². The summed E-state index contributed by atoms with van der Waals surface area (Å²) in [6.45, 7) is 6.25. The Hall–Kier alpha value is -1.35. The van der Waals surface area contributed by atoms with Crippen molar-refractivity contribution < 1.29 is 9.84 Å². The highest BCUT2D eigenvalue weighted by Gasteiger charge is 2.32. The maximum Gasteiger partial charge on any atom is 0.213 e. The maximum absolute atomic E-state index is 10.4. The lowest BCUT2D eigenvalue weighted by molar-refractivity contribution is 0.0692. The van der Waals surface area contributed by atoms with Crippen LogP contribution in [0.25, 0.3) is 0 Å². The molecule has 0 amide bonds. The van der Waals surface area contributed by atoms with Gasteiger partial charge in [0, 0.05) is 11.6 Å². The molecule has 1 aromatic heterocycles. The van der Waals surface area contributed by atoms with Crippen LogP contribution in [0, 0.1) is 0 Å². The van der Waals surface area contributed by atoms with Crippen molar-refractivity contribution in [2.45, 2.75) is 31.8 Å². The molecule has 0 saturated carbocycles. The summed E-state index contributed by atoms with van der Waals surface area (Å²) >= 11 is 0. The van der Waals surface area contributed by atoms with Crippen LogP contribution in [0.5, 0.6) is 5.88 Å². The standard InChI is InChI=1S/C13H17NO2/c1-3-13(15)9-5-6-11-10(13)7-8-12(14-11)16-4-2/h3,7-8,15H,1,4-6,9H2,2H3/t13-/m0/s1. The first-order valence-electron chi connectivity index (χ1n) is 5.69. The molecule has 1 atom stereocenters. The van der Waals surface area contributed by atoms with E-state index in [9.17, 15) is 5.11 Å². The van der Waals surface area contributed by atoms with E-state index in [4.69, 9.17) is 4.74 Å². The number of aromatic nitrogens is 1. The van der Waals surface area contributed by atoms with E-state index in [2.05, 4.69) is 11.6 Å². The number of fused-ring (bicyclic) bond motifs is 1. The summed E-state index contributed by atoms with van der Waals surface area (Å²) < 4.78 is 5.36. The van der Waals surface area contributed by atoms with Gasteiger partial charge in [-0.15, -0.1) is 0 Å². The minimum Gasteiger partial charge on any atom is -0.478 e. The number of aliphatic hydroxyl groups is 1. The van der Waals surface area contributed by atoms with Gasteiger partial charge in [-0.3, -0.25) is 0 Å². The number of hydrogen-bond acceptors (Lipinski definition) is 3. The fourth-order valence-electron chi connectivity index (χ4n) is 2.17. The van der Waals surface area contributed by atoms with Gasteiger partial charge in [0.25, 0.3) is 0 Å². The Morgan fingerprint density at radius 1 is 1.62 bits per heavy atom. The molecule has 16 heavy (non-hydrogen) atoms. The quantitative estimate of drug-likeness (QED) is 0.792. The minimum atomic E-state index is -0.911. The van der Waals surface area contributed by atoms with Crippen molar-refractivity contribution in [1.82, 2.24) is 4.98 Å². The molecule has 0 aromatic carbocycles. The Kier molecular flexibility index (Phi) is 2.97. The molecule has 86 valence electrons. The van der Waals surface area contributed by atoms with E-state index in [0.717, 1.165) is 30.5 Å². The molecule has 0 unspecified atom stereocenters. The van der Waals surface area contributed by atoms with Crippen LogP contribution < -0.4 is 4.74 Å². The van der Waals surface area contributed by atoms with Crippen LogP contribution in [0.3, 0.4) is 0 Å². The van der Waals surface area contributed by atoms with Crippen molar-refractivity contribution in [3.05, 3.63) is 36.0 Å². The Bertz CT molecular complexity index is 403. The normalized spacial score (nSPS) is 23.6. The number of ether oxygens (including phenoxy) is 1. The van der Waals surface area contributed by atoms with E-state index in [1.54, 1.807) is 6.08 Å². The van der Waals surface area contributed by atoms with E-state index in [0.29, 0.717) is 12.5 Å². The van der Waals surface area contributed by atoms with Gasteiger partial charge in [-0.05, 0) is 32.3 Å². The zero-order valence-corrected chi connectivity index (χ0v) is 9.57. The van der Waals surface area contributed by atoms with Gasteiger partial charge in [0.1, 0.15) is 5.60 Å². The predicted molar refractivity (Wildman–Crippen MR) is 62.4 cm³/mol. The van der Waals surface area contributed by atoms with Crippen molar-refractivity contribution in [3.63, 3.8) is 0 Å². The third-order valence-corrected chi connectivity index (χ3v) is 3.02. The van der Waals surface area contributed by atoms with Crippen molar-refractivity contribution in [1.29, 1.82) is 0 Å². The Morgan fingerprint density at radius 3 is 3.12 bits per heavy atom. The maximum atomic E-state index is 10.4. The smallest absolute Gasteiger partial charge is 0.213 e. The van der Waals surface area contributed by atoms with E-state index in [1.807, 2.05) is 19.1 Å². The Morgan fingerprint density at radius 2 is 2.44 bits per heavy atom. The van der Waals surface area contributed by atoms with Gasteiger partial charge in [0.15, 0.2) is 0 Å². The Labute approximate surface area is 95.8 Å². The topological polar surface area (TPSA) is 42.4 Å². The number of pyridine rings is 1. The molecule has 0 saturated heterocycles. The average Bonchev–Trinajstić information content (AvgIpc) is 2.30.